The second-order valence-corrected chi connectivity index (χ2v) is 10.4. The average Bonchev–Trinajstić information content (AvgIpc) is 2.82. The smallest absolute Gasteiger partial charge is 0.244 e. The Morgan fingerprint density at radius 1 is 1.03 bits per heavy atom. The van der Waals surface area contributed by atoms with Gasteiger partial charge in [0.1, 0.15) is 12.6 Å². The Labute approximate surface area is 208 Å². The fourth-order valence-electron chi connectivity index (χ4n) is 3.60. The topological polar surface area (TPSA) is 104 Å². The van der Waals surface area contributed by atoms with Gasteiger partial charge in [-0.05, 0) is 44.4 Å². The van der Waals surface area contributed by atoms with E-state index in [1.807, 2.05) is 37.3 Å². The van der Waals surface area contributed by atoms with E-state index in [0.717, 1.165) is 29.0 Å². The van der Waals surface area contributed by atoms with E-state index in [-0.39, 0.29) is 23.9 Å². The molecule has 0 radical (unpaired) electrons. The summed E-state index contributed by atoms with van der Waals surface area (Å²) in [5.74, 6) is -1.00. The van der Waals surface area contributed by atoms with Gasteiger partial charge in [0, 0.05) is 18.7 Å². The lowest BCUT2D eigenvalue weighted by Gasteiger charge is -2.31. The second kappa shape index (κ2) is 13.0. The van der Waals surface area contributed by atoms with Gasteiger partial charge in [-0.1, -0.05) is 55.8 Å². The SMILES string of the molecule is CCCCNC(=O)[C@H](C)N(CCc1ccccc1)C(=O)CN(c1cccc(C(C)=O)c1)S(C)(=O)=O. The summed E-state index contributed by atoms with van der Waals surface area (Å²) < 4.78 is 26.2. The first-order valence-electron chi connectivity index (χ1n) is 11.7. The zero-order valence-corrected chi connectivity index (χ0v) is 21.7. The number of hydrogen-bond acceptors (Lipinski definition) is 5. The molecule has 8 nitrogen and oxygen atoms in total. The molecule has 1 N–H and O–H groups in total. The molecule has 2 amide bonds. The van der Waals surface area contributed by atoms with Crippen LogP contribution in [-0.4, -0.2) is 62.8 Å². The summed E-state index contributed by atoms with van der Waals surface area (Å²) in [5, 5.41) is 2.85. The molecule has 35 heavy (non-hydrogen) atoms. The fourth-order valence-corrected chi connectivity index (χ4v) is 4.44. The van der Waals surface area contributed by atoms with Crippen molar-refractivity contribution in [2.75, 3.05) is 30.2 Å². The highest BCUT2D eigenvalue weighted by atomic mass is 32.2. The van der Waals surface area contributed by atoms with E-state index < -0.39 is 28.5 Å². The van der Waals surface area contributed by atoms with Crippen LogP contribution in [0.15, 0.2) is 54.6 Å². The van der Waals surface area contributed by atoms with Crippen LogP contribution in [-0.2, 0) is 26.0 Å². The highest BCUT2D eigenvalue weighted by Gasteiger charge is 2.29. The Bertz CT molecular complexity index is 1120. The van der Waals surface area contributed by atoms with E-state index in [9.17, 15) is 22.8 Å². The molecule has 190 valence electrons. The number of amides is 2. The largest absolute Gasteiger partial charge is 0.354 e. The Balaban J connectivity index is 2.31. The third-order valence-electron chi connectivity index (χ3n) is 5.70. The van der Waals surface area contributed by atoms with Crippen LogP contribution in [0, 0.1) is 0 Å². The predicted octanol–water partition coefficient (Wildman–Crippen LogP) is 3.03. The number of nitrogens with zero attached hydrogens (tertiary/aromatic N) is 2. The Kier molecular flexibility index (Phi) is 10.4. The number of carbonyl (C=O) groups is 3. The molecular weight excluding hydrogens is 466 g/mol. The maximum atomic E-state index is 13.5. The number of carbonyl (C=O) groups excluding carboxylic acids is 3. The van der Waals surface area contributed by atoms with Gasteiger partial charge in [-0.2, -0.15) is 0 Å². The molecule has 0 saturated carbocycles. The van der Waals surface area contributed by atoms with Crippen molar-refractivity contribution in [2.45, 2.75) is 46.1 Å². The highest BCUT2D eigenvalue weighted by molar-refractivity contribution is 7.92. The van der Waals surface area contributed by atoms with Gasteiger partial charge in [-0.25, -0.2) is 8.42 Å². The van der Waals surface area contributed by atoms with Crippen LogP contribution in [0.25, 0.3) is 0 Å². The van der Waals surface area contributed by atoms with Gasteiger partial charge in [0.25, 0.3) is 0 Å². The monoisotopic (exact) mass is 501 g/mol. The second-order valence-electron chi connectivity index (χ2n) is 8.52. The highest BCUT2D eigenvalue weighted by Crippen LogP contribution is 2.20. The molecule has 2 aromatic carbocycles. The molecule has 0 aliphatic carbocycles. The quantitative estimate of drug-likeness (QED) is 0.336. The first-order chi connectivity index (χ1) is 16.5. The van der Waals surface area contributed by atoms with Gasteiger partial charge in [-0.3, -0.25) is 18.7 Å². The van der Waals surface area contributed by atoms with E-state index in [1.165, 1.54) is 24.0 Å². The number of unbranched alkanes of at least 4 members (excludes halogenated alkanes) is 1. The molecule has 0 aliphatic rings. The maximum Gasteiger partial charge on any atom is 0.244 e. The maximum absolute atomic E-state index is 13.5. The lowest BCUT2D eigenvalue weighted by Crippen LogP contribution is -2.52. The third-order valence-corrected chi connectivity index (χ3v) is 6.84. The molecule has 2 aromatic rings. The average molecular weight is 502 g/mol. The molecule has 0 aromatic heterocycles. The zero-order valence-electron chi connectivity index (χ0n) is 20.9. The minimum absolute atomic E-state index is 0.214. The van der Waals surface area contributed by atoms with E-state index >= 15 is 0 Å². The van der Waals surface area contributed by atoms with Crippen molar-refractivity contribution in [3.63, 3.8) is 0 Å². The van der Waals surface area contributed by atoms with Crippen molar-refractivity contribution < 1.29 is 22.8 Å². The molecule has 0 heterocycles. The van der Waals surface area contributed by atoms with Gasteiger partial charge in [0.2, 0.25) is 21.8 Å². The summed E-state index contributed by atoms with van der Waals surface area (Å²) in [5.41, 5.74) is 1.56. The van der Waals surface area contributed by atoms with Crippen molar-refractivity contribution >= 4 is 33.3 Å². The van der Waals surface area contributed by atoms with Crippen LogP contribution in [0.4, 0.5) is 5.69 Å². The lowest BCUT2D eigenvalue weighted by molar-refractivity contribution is -0.138. The molecule has 2 rings (SSSR count). The number of sulfonamides is 1. The van der Waals surface area contributed by atoms with Gasteiger partial charge in [-0.15, -0.1) is 0 Å². The zero-order chi connectivity index (χ0) is 26.0. The van der Waals surface area contributed by atoms with Crippen molar-refractivity contribution in [2.24, 2.45) is 0 Å². The summed E-state index contributed by atoms with van der Waals surface area (Å²) in [7, 11) is -3.85. The van der Waals surface area contributed by atoms with Crippen LogP contribution < -0.4 is 9.62 Å². The van der Waals surface area contributed by atoms with Crippen LogP contribution >= 0.6 is 0 Å². The minimum atomic E-state index is -3.85. The van der Waals surface area contributed by atoms with Crippen LogP contribution in [0.1, 0.15) is 49.5 Å². The summed E-state index contributed by atoms with van der Waals surface area (Å²) in [6.45, 7) is 5.32. The molecular formula is C26H35N3O5S. The molecule has 0 bridgehead atoms. The molecule has 0 fully saturated rings. The number of hydrogen-bond donors (Lipinski definition) is 1. The van der Waals surface area contributed by atoms with Gasteiger partial charge < -0.3 is 10.2 Å². The first-order valence-corrected chi connectivity index (χ1v) is 13.6. The van der Waals surface area contributed by atoms with Crippen LogP contribution in [0.5, 0.6) is 0 Å². The molecule has 0 saturated heterocycles. The number of Topliss-reactive ketones (excluding diaryl/α,β-unsaturated/α-hetero) is 1. The Morgan fingerprint density at radius 2 is 1.71 bits per heavy atom. The van der Waals surface area contributed by atoms with E-state index in [1.54, 1.807) is 19.1 Å². The van der Waals surface area contributed by atoms with Crippen LogP contribution in [0.3, 0.4) is 0 Å². The van der Waals surface area contributed by atoms with E-state index in [2.05, 4.69) is 5.32 Å². The molecule has 1 atom stereocenters. The normalized spacial score (nSPS) is 12.0. The summed E-state index contributed by atoms with van der Waals surface area (Å²) >= 11 is 0. The summed E-state index contributed by atoms with van der Waals surface area (Å²) in [6, 6.07) is 14.9. The summed E-state index contributed by atoms with van der Waals surface area (Å²) in [6.07, 6.45) is 3.27. The molecule has 0 aliphatic heterocycles. The minimum Gasteiger partial charge on any atom is -0.354 e. The Morgan fingerprint density at radius 3 is 2.31 bits per heavy atom. The fraction of sp³-hybridized carbons (Fsp3) is 0.423. The predicted molar refractivity (Wildman–Crippen MR) is 138 cm³/mol. The van der Waals surface area contributed by atoms with Gasteiger partial charge >= 0.3 is 0 Å². The van der Waals surface area contributed by atoms with Crippen molar-refractivity contribution in [1.82, 2.24) is 10.2 Å². The van der Waals surface area contributed by atoms with Crippen molar-refractivity contribution in [3.8, 4) is 0 Å². The number of ketones is 1. The van der Waals surface area contributed by atoms with E-state index in [0.29, 0.717) is 18.5 Å². The third kappa shape index (κ3) is 8.51. The van der Waals surface area contributed by atoms with E-state index in [4.69, 9.17) is 0 Å². The number of nitrogens with one attached hydrogen (secondary N) is 1. The summed E-state index contributed by atoms with van der Waals surface area (Å²) in [4.78, 5) is 39.5. The number of benzene rings is 2. The van der Waals surface area contributed by atoms with Gasteiger partial charge in [0.15, 0.2) is 5.78 Å². The number of rotatable bonds is 13. The molecule has 0 spiro atoms. The van der Waals surface area contributed by atoms with Crippen molar-refractivity contribution in [1.29, 1.82) is 0 Å². The van der Waals surface area contributed by atoms with Crippen LogP contribution in [0.2, 0.25) is 0 Å². The lowest BCUT2D eigenvalue weighted by atomic mass is 10.1. The molecule has 0 unspecified atom stereocenters. The number of anilines is 1. The van der Waals surface area contributed by atoms with Gasteiger partial charge in [0.05, 0.1) is 11.9 Å². The standard InChI is InChI=1S/C26H35N3O5S/c1-5-6-16-27-26(32)20(2)28(17-15-22-11-8-7-9-12-22)25(31)19-29(35(4,33)34)24-14-10-13-23(18-24)21(3)30/h7-14,18,20H,5-6,15-17,19H2,1-4H3,(H,27,32)/t20-/m0/s1. The van der Waals surface area contributed by atoms with Crippen molar-refractivity contribution in [3.05, 3.63) is 65.7 Å². The molecule has 9 heteroatoms. The first kappa shape index (κ1) is 28.0. The Hall–Kier alpha value is -3.20.